The average Bonchev–Trinajstić information content (AvgIpc) is 3.18. The van der Waals surface area contributed by atoms with Gasteiger partial charge >= 0.3 is 0 Å². The van der Waals surface area contributed by atoms with Gasteiger partial charge < -0.3 is 20.6 Å². The molecule has 3 rings (SSSR count). The summed E-state index contributed by atoms with van der Waals surface area (Å²) in [5, 5.41) is 14.8. The molecule has 152 valence electrons. The summed E-state index contributed by atoms with van der Waals surface area (Å²) in [7, 11) is 1.59. The third-order valence-corrected chi connectivity index (χ3v) is 9.04. The molecule has 3 aliphatic rings. The maximum absolute atomic E-state index is 13.4. The van der Waals surface area contributed by atoms with Gasteiger partial charge in [-0.2, -0.15) is 0 Å². The number of unbranched alkanes of at least 4 members (excludes halogenated alkanes) is 1. The third kappa shape index (κ3) is 3.29. The van der Waals surface area contributed by atoms with E-state index >= 15 is 0 Å². The van der Waals surface area contributed by atoms with Crippen molar-refractivity contribution in [1.29, 1.82) is 0 Å². The first-order valence-electron chi connectivity index (χ1n) is 9.53. The van der Waals surface area contributed by atoms with E-state index in [2.05, 4.69) is 26.6 Å². The molecule has 0 aromatic rings. The van der Waals surface area contributed by atoms with E-state index in [1.54, 1.807) is 23.7 Å². The number of likely N-dealkylation sites (tertiary alicyclic amines) is 1. The molecule has 3 N–H and O–H groups in total. The fourth-order valence-corrected chi connectivity index (χ4v) is 8.51. The first-order chi connectivity index (χ1) is 12.8. The normalized spacial score (nSPS) is 37.0. The number of thioether (sulfide) groups is 1. The van der Waals surface area contributed by atoms with Crippen LogP contribution >= 0.6 is 27.7 Å². The predicted molar refractivity (Wildman–Crippen MR) is 108 cm³/mol. The van der Waals surface area contributed by atoms with Crippen LogP contribution in [0.15, 0.2) is 0 Å². The number of nitrogens with zero attached hydrogens (tertiary/aromatic N) is 1. The van der Waals surface area contributed by atoms with Crippen LogP contribution in [-0.4, -0.2) is 74.8 Å². The molecule has 3 amide bonds. The molecule has 3 aliphatic heterocycles. The van der Waals surface area contributed by atoms with Gasteiger partial charge in [-0.15, -0.1) is 11.8 Å². The Bertz CT molecular complexity index is 634. The van der Waals surface area contributed by atoms with Crippen LogP contribution in [0.4, 0.5) is 0 Å². The van der Waals surface area contributed by atoms with Crippen molar-refractivity contribution in [1.82, 2.24) is 15.5 Å². The minimum atomic E-state index is -0.583. The summed E-state index contributed by atoms with van der Waals surface area (Å²) < 4.78 is -0.578. The van der Waals surface area contributed by atoms with Gasteiger partial charge in [0.05, 0.1) is 16.6 Å². The molecule has 0 aromatic heterocycles. The largest absolute Gasteiger partial charge is 0.396 e. The van der Waals surface area contributed by atoms with E-state index in [1.165, 1.54) is 0 Å². The number of hydrogen-bond acceptors (Lipinski definition) is 5. The Morgan fingerprint density at radius 2 is 2.07 bits per heavy atom. The van der Waals surface area contributed by atoms with E-state index < -0.39 is 22.6 Å². The van der Waals surface area contributed by atoms with Crippen LogP contribution in [0.25, 0.3) is 0 Å². The summed E-state index contributed by atoms with van der Waals surface area (Å²) in [6, 6.07) is -0.610. The summed E-state index contributed by atoms with van der Waals surface area (Å²) in [6.07, 6.45) is 1.90. The average molecular weight is 462 g/mol. The van der Waals surface area contributed by atoms with Crippen molar-refractivity contribution in [3.63, 3.8) is 0 Å². The number of carbonyl (C=O) groups excluding carboxylic acids is 3. The van der Waals surface area contributed by atoms with E-state index in [4.69, 9.17) is 5.11 Å². The zero-order chi connectivity index (χ0) is 19.9. The van der Waals surface area contributed by atoms with Gasteiger partial charge in [0.2, 0.25) is 17.7 Å². The molecule has 2 bridgehead atoms. The summed E-state index contributed by atoms with van der Waals surface area (Å²) in [5.74, 6) is -1.27. The lowest BCUT2D eigenvalue weighted by atomic mass is 9.70. The zero-order valence-electron chi connectivity index (χ0n) is 15.9. The topological polar surface area (TPSA) is 98.7 Å². The molecule has 3 fully saturated rings. The monoisotopic (exact) mass is 461 g/mol. The van der Waals surface area contributed by atoms with E-state index in [-0.39, 0.29) is 40.4 Å². The SMILES string of the molecule is CNC(=O)[C@H]1[C@H]2C(=O)N(CCCCO)C(C(=O)NC(C)C)C23CC(Br)[C@@H]1S3. The van der Waals surface area contributed by atoms with Gasteiger partial charge in [0.15, 0.2) is 0 Å². The lowest BCUT2D eigenvalue weighted by Gasteiger charge is -2.35. The highest BCUT2D eigenvalue weighted by Gasteiger charge is 2.75. The van der Waals surface area contributed by atoms with E-state index in [0.717, 1.165) is 0 Å². The predicted octanol–water partition coefficient (Wildman–Crippen LogP) is 0.494. The van der Waals surface area contributed by atoms with Crippen LogP contribution in [0, 0.1) is 11.8 Å². The standard InChI is InChI=1S/C18H28BrN3O4S/c1-9(2)21-16(25)14-18-8-10(19)13(27-18)11(15(24)20-3)12(18)17(26)22(14)6-4-5-7-23/h9-14,23H,4-8H2,1-3H3,(H,20,24)(H,21,25)/t10?,11-,12-,13-,14?,18?/m0/s1. The van der Waals surface area contributed by atoms with Crippen LogP contribution in [0.3, 0.4) is 0 Å². The molecule has 0 saturated carbocycles. The van der Waals surface area contributed by atoms with Gasteiger partial charge in [0.1, 0.15) is 6.04 Å². The number of carbonyl (C=O) groups is 3. The summed E-state index contributed by atoms with van der Waals surface area (Å²) in [6.45, 7) is 4.28. The molecule has 0 aromatic carbocycles. The van der Waals surface area contributed by atoms with Crippen LogP contribution < -0.4 is 10.6 Å². The van der Waals surface area contributed by atoms with Crippen LogP contribution in [-0.2, 0) is 14.4 Å². The Morgan fingerprint density at radius 1 is 1.37 bits per heavy atom. The summed E-state index contributed by atoms with van der Waals surface area (Å²) in [4.78, 5) is 40.9. The maximum atomic E-state index is 13.4. The lowest BCUT2D eigenvalue weighted by molar-refractivity contribution is -0.140. The van der Waals surface area contributed by atoms with Gasteiger partial charge in [-0.05, 0) is 33.1 Å². The number of aliphatic hydroxyl groups excluding tert-OH is 1. The fraction of sp³-hybridized carbons (Fsp3) is 0.833. The molecule has 3 heterocycles. The quantitative estimate of drug-likeness (QED) is 0.378. The van der Waals surface area contributed by atoms with Crippen molar-refractivity contribution in [2.24, 2.45) is 11.8 Å². The second-order valence-corrected chi connectivity index (χ2v) is 10.6. The molecular formula is C18H28BrN3O4S. The second-order valence-electron chi connectivity index (χ2n) is 7.90. The number of rotatable bonds is 7. The molecule has 3 unspecified atom stereocenters. The molecule has 9 heteroatoms. The van der Waals surface area contributed by atoms with Crippen LogP contribution in [0.2, 0.25) is 0 Å². The van der Waals surface area contributed by atoms with Crippen molar-refractivity contribution in [3.8, 4) is 0 Å². The van der Waals surface area contributed by atoms with Gasteiger partial charge in [-0.25, -0.2) is 0 Å². The van der Waals surface area contributed by atoms with Crippen molar-refractivity contribution < 1.29 is 19.5 Å². The minimum Gasteiger partial charge on any atom is -0.396 e. The van der Waals surface area contributed by atoms with E-state index in [0.29, 0.717) is 25.8 Å². The Balaban J connectivity index is 1.99. The van der Waals surface area contributed by atoms with Crippen molar-refractivity contribution >= 4 is 45.4 Å². The van der Waals surface area contributed by atoms with Gasteiger partial charge in [0.25, 0.3) is 0 Å². The van der Waals surface area contributed by atoms with Crippen molar-refractivity contribution in [3.05, 3.63) is 0 Å². The minimum absolute atomic E-state index is 0.00663. The molecule has 6 atom stereocenters. The molecule has 0 aliphatic carbocycles. The van der Waals surface area contributed by atoms with Crippen molar-refractivity contribution in [2.75, 3.05) is 20.2 Å². The molecule has 3 saturated heterocycles. The Kier molecular flexibility index (Phi) is 6.13. The number of nitrogens with one attached hydrogen (secondary N) is 2. The van der Waals surface area contributed by atoms with Crippen LogP contribution in [0.1, 0.15) is 33.1 Å². The second kappa shape index (κ2) is 7.91. The van der Waals surface area contributed by atoms with E-state index in [1.807, 2.05) is 13.8 Å². The molecular weight excluding hydrogens is 434 g/mol. The Morgan fingerprint density at radius 3 is 2.67 bits per heavy atom. The van der Waals surface area contributed by atoms with Gasteiger partial charge in [-0.3, -0.25) is 14.4 Å². The Hall–Kier alpha value is -0.800. The van der Waals surface area contributed by atoms with Gasteiger partial charge in [-0.1, -0.05) is 15.9 Å². The number of halogens is 1. The molecule has 0 radical (unpaired) electrons. The first kappa shape index (κ1) is 20.9. The summed E-state index contributed by atoms with van der Waals surface area (Å²) in [5.41, 5.74) is 0. The maximum Gasteiger partial charge on any atom is 0.244 e. The fourth-order valence-electron chi connectivity index (χ4n) is 4.89. The first-order valence-corrected chi connectivity index (χ1v) is 11.3. The highest BCUT2D eigenvalue weighted by Crippen LogP contribution is 2.67. The molecule has 1 spiro atoms. The highest BCUT2D eigenvalue weighted by atomic mass is 79.9. The van der Waals surface area contributed by atoms with Crippen LogP contribution in [0.5, 0.6) is 0 Å². The van der Waals surface area contributed by atoms with E-state index in [9.17, 15) is 14.4 Å². The van der Waals surface area contributed by atoms with Crippen molar-refractivity contribution in [2.45, 2.75) is 60.0 Å². The number of hydrogen-bond donors (Lipinski definition) is 3. The smallest absolute Gasteiger partial charge is 0.244 e. The molecule has 27 heavy (non-hydrogen) atoms. The van der Waals surface area contributed by atoms with Gasteiger partial charge in [0, 0.05) is 36.3 Å². The number of aliphatic hydroxyl groups is 1. The zero-order valence-corrected chi connectivity index (χ0v) is 18.3. The highest BCUT2D eigenvalue weighted by molar-refractivity contribution is 9.09. The lowest BCUT2D eigenvalue weighted by Crippen LogP contribution is -2.55. The molecule has 7 nitrogen and oxygen atoms in total. The number of alkyl halides is 1. The summed E-state index contributed by atoms with van der Waals surface area (Å²) >= 11 is 5.34. The third-order valence-electron chi connectivity index (χ3n) is 5.82. The number of amides is 3. The number of fused-ring (bicyclic) bond motifs is 1. The Labute approximate surface area is 172 Å².